The Bertz CT molecular complexity index is 337. The van der Waals surface area contributed by atoms with E-state index in [0.29, 0.717) is 5.56 Å². The Labute approximate surface area is 104 Å². The Morgan fingerprint density at radius 3 is 2.60 bits per heavy atom. The molecule has 1 aliphatic rings. The fourth-order valence-electron chi connectivity index (χ4n) is 1.47. The second-order valence-corrected chi connectivity index (χ2v) is 3.17. The van der Waals surface area contributed by atoms with Gasteiger partial charge in [0.1, 0.15) is 11.9 Å². The van der Waals surface area contributed by atoms with Crippen LogP contribution in [0.2, 0.25) is 0 Å². The predicted molar refractivity (Wildman–Crippen MR) is 54.3 cm³/mol. The molecule has 1 aromatic heterocycles. The van der Waals surface area contributed by atoms with Gasteiger partial charge in [0.05, 0.1) is 5.56 Å². The smallest absolute Gasteiger partial charge is 0.128 e. The van der Waals surface area contributed by atoms with Crippen LogP contribution >= 0.6 is 0 Å². The van der Waals surface area contributed by atoms with Crippen molar-refractivity contribution in [3.05, 3.63) is 29.2 Å². The molecule has 15 heavy (non-hydrogen) atoms. The van der Waals surface area contributed by atoms with Crippen molar-refractivity contribution in [2.24, 2.45) is 0 Å². The molecule has 0 bridgehead atoms. The van der Waals surface area contributed by atoms with Crippen molar-refractivity contribution in [1.29, 1.82) is 5.26 Å². The van der Waals surface area contributed by atoms with Crippen LogP contribution in [0.5, 0.6) is 0 Å². The third-order valence-corrected chi connectivity index (χ3v) is 2.26. The van der Waals surface area contributed by atoms with Crippen molar-refractivity contribution in [1.82, 2.24) is 4.98 Å². The molecule has 78 valence electrons. The molecule has 1 saturated heterocycles. The maximum atomic E-state index is 8.62. The molecule has 0 amide bonds. The summed E-state index contributed by atoms with van der Waals surface area (Å²) in [7, 11) is 0. The fraction of sp³-hybridized carbons (Fsp3) is 0.400. The van der Waals surface area contributed by atoms with Crippen LogP contribution in [-0.4, -0.2) is 31.2 Å². The number of nitrogens with zero attached hydrogens (tertiary/aromatic N) is 4. The van der Waals surface area contributed by atoms with Crippen molar-refractivity contribution < 1.29 is 21.1 Å². The van der Waals surface area contributed by atoms with E-state index < -0.39 is 0 Å². The van der Waals surface area contributed by atoms with Gasteiger partial charge in [-0.3, -0.25) is 0 Å². The number of anilines is 1. The second-order valence-electron chi connectivity index (χ2n) is 3.17. The molecule has 0 saturated carbocycles. The van der Waals surface area contributed by atoms with Crippen molar-refractivity contribution in [2.45, 2.75) is 0 Å². The Balaban J connectivity index is 0.00000112. The van der Waals surface area contributed by atoms with E-state index >= 15 is 0 Å². The maximum absolute atomic E-state index is 8.62. The van der Waals surface area contributed by atoms with Gasteiger partial charge in [0.2, 0.25) is 0 Å². The van der Waals surface area contributed by atoms with E-state index in [1.54, 1.807) is 12.3 Å². The zero-order chi connectivity index (χ0) is 9.80. The first-order valence-corrected chi connectivity index (χ1v) is 4.64. The van der Waals surface area contributed by atoms with Gasteiger partial charge in [-0.15, -0.1) is 13.1 Å². The summed E-state index contributed by atoms with van der Waals surface area (Å²) in [5, 5.41) is 12.9. The molecule has 2 rings (SSSR count). The molecule has 5 heteroatoms. The largest absolute Gasteiger partial charge is 0.659 e. The van der Waals surface area contributed by atoms with Gasteiger partial charge in [-0.25, -0.2) is 4.98 Å². The number of hydrogen-bond acceptors (Lipinski definition) is 3. The van der Waals surface area contributed by atoms with Crippen LogP contribution in [0.1, 0.15) is 5.56 Å². The summed E-state index contributed by atoms with van der Waals surface area (Å²) in [6.45, 7) is 3.61. The minimum Gasteiger partial charge on any atom is -0.659 e. The van der Waals surface area contributed by atoms with E-state index in [4.69, 9.17) is 5.26 Å². The van der Waals surface area contributed by atoms with Gasteiger partial charge in [-0.2, -0.15) is 5.26 Å². The van der Waals surface area contributed by atoms with Gasteiger partial charge in [0.25, 0.3) is 0 Å². The molecule has 1 aromatic rings. The summed E-state index contributed by atoms with van der Waals surface area (Å²) < 4.78 is 0. The Morgan fingerprint density at radius 1 is 1.33 bits per heavy atom. The van der Waals surface area contributed by atoms with Crippen molar-refractivity contribution in [2.75, 3.05) is 31.1 Å². The van der Waals surface area contributed by atoms with Crippen LogP contribution < -0.4 is 4.90 Å². The summed E-state index contributed by atoms with van der Waals surface area (Å²) in [6.07, 6.45) is 1.61. The molecule has 1 fully saturated rings. The van der Waals surface area contributed by atoms with E-state index in [2.05, 4.69) is 21.3 Å². The molecule has 4 nitrogen and oxygen atoms in total. The summed E-state index contributed by atoms with van der Waals surface area (Å²) in [5.74, 6) is 0.943. The predicted octanol–water partition coefficient (Wildman–Crippen LogP) is 1.14. The molecule has 0 radical (unpaired) electrons. The number of aromatic nitrogens is 1. The molecule has 0 aromatic carbocycles. The van der Waals surface area contributed by atoms with Gasteiger partial charge in [-0.1, -0.05) is 0 Å². The van der Waals surface area contributed by atoms with Gasteiger partial charge < -0.3 is 10.2 Å². The van der Waals surface area contributed by atoms with Crippen molar-refractivity contribution in [3.63, 3.8) is 0 Å². The summed E-state index contributed by atoms with van der Waals surface area (Å²) in [6, 6.07) is 5.75. The van der Waals surface area contributed by atoms with Crippen LogP contribution in [0, 0.1) is 11.3 Å². The van der Waals surface area contributed by atoms with Crippen molar-refractivity contribution in [3.8, 4) is 6.07 Å². The first-order chi connectivity index (χ1) is 6.90. The van der Waals surface area contributed by atoms with Crippen LogP contribution in [0.15, 0.2) is 18.3 Å². The SMILES string of the molecule is N#Cc1ccc(N2CC[N-]CC2)nc1.[W]. The summed E-state index contributed by atoms with van der Waals surface area (Å²) >= 11 is 0. The maximum Gasteiger partial charge on any atom is 0.128 e. The van der Waals surface area contributed by atoms with E-state index in [-0.39, 0.29) is 21.1 Å². The summed E-state index contributed by atoms with van der Waals surface area (Å²) in [5.41, 5.74) is 0.607. The fourth-order valence-corrected chi connectivity index (χ4v) is 1.47. The Hall–Kier alpha value is -0.912. The minimum absolute atomic E-state index is 0. The molecule has 0 aliphatic carbocycles. The van der Waals surface area contributed by atoms with Gasteiger partial charge >= 0.3 is 0 Å². The standard InChI is InChI=1S/C10H11N4.W/c11-7-9-1-2-10(13-8-9)14-5-3-12-4-6-14;/h1-2,8H,3-6H2;/q-1;. The average molecular weight is 371 g/mol. The van der Waals surface area contributed by atoms with Gasteiger partial charge in [-0.05, 0) is 12.1 Å². The Kier molecular flexibility index (Phi) is 4.74. The molecule has 0 unspecified atom stereocenters. The van der Waals surface area contributed by atoms with E-state index in [9.17, 15) is 0 Å². The van der Waals surface area contributed by atoms with Crippen LogP contribution in [0.4, 0.5) is 5.82 Å². The van der Waals surface area contributed by atoms with Gasteiger partial charge in [0.15, 0.2) is 0 Å². The molecule has 2 heterocycles. The number of rotatable bonds is 1. The minimum atomic E-state index is 0. The van der Waals surface area contributed by atoms with Crippen LogP contribution in [0.3, 0.4) is 0 Å². The molecule has 0 atom stereocenters. The molecule has 0 N–H and O–H groups in total. The van der Waals surface area contributed by atoms with E-state index in [0.717, 1.165) is 32.0 Å². The first kappa shape index (κ1) is 12.2. The zero-order valence-electron chi connectivity index (χ0n) is 8.26. The molecular weight excluding hydrogens is 360 g/mol. The Morgan fingerprint density at radius 2 is 2.07 bits per heavy atom. The second kappa shape index (κ2) is 5.85. The van der Waals surface area contributed by atoms with E-state index in [1.807, 2.05) is 6.07 Å². The van der Waals surface area contributed by atoms with Gasteiger partial charge in [0, 0.05) is 40.4 Å². The normalized spacial score (nSPS) is 15.3. The number of pyridine rings is 1. The monoisotopic (exact) mass is 371 g/mol. The number of piperazine rings is 1. The number of nitriles is 1. The molecule has 0 spiro atoms. The first-order valence-electron chi connectivity index (χ1n) is 4.64. The summed E-state index contributed by atoms with van der Waals surface area (Å²) in [4.78, 5) is 6.42. The molecular formula is C10H11N4W-. The van der Waals surface area contributed by atoms with E-state index in [1.165, 1.54) is 0 Å². The third kappa shape index (κ3) is 3.02. The van der Waals surface area contributed by atoms with Crippen LogP contribution in [-0.2, 0) is 21.1 Å². The zero-order valence-corrected chi connectivity index (χ0v) is 11.2. The average Bonchev–Trinajstić information content (AvgIpc) is 2.30. The topological polar surface area (TPSA) is 54.0 Å². The number of hydrogen-bond donors (Lipinski definition) is 0. The molecule has 1 aliphatic heterocycles. The van der Waals surface area contributed by atoms with Crippen LogP contribution in [0.25, 0.3) is 5.32 Å². The van der Waals surface area contributed by atoms with Crippen molar-refractivity contribution >= 4 is 5.82 Å². The third-order valence-electron chi connectivity index (χ3n) is 2.26. The quantitative estimate of drug-likeness (QED) is 0.745.